The van der Waals surface area contributed by atoms with E-state index in [0.29, 0.717) is 15.9 Å². The van der Waals surface area contributed by atoms with Crippen LogP contribution in [0, 0.1) is 5.92 Å². The molecular weight excluding hydrogens is 364 g/mol. The Morgan fingerprint density at radius 2 is 2.17 bits per heavy atom. The van der Waals surface area contributed by atoms with Gasteiger partial charge in [0.1, 0.15) is 0 Å². The lowest BCUT2D eigenvalue weighted by molar-refractivity contribution is 0.0620. The smallest absolute Gasteiger partial charge is 0.282 e. The van der Waals surface area contributed by atoms with Gasteiger partial charge in [0.25, 0.3) is 5.91 Å². The van der Waals surface area contributed by atoms with Crippen LogP contribution in [0.2, 0.25) is 5.02 Å². The zero-order chi connectivity index (χ0) is 16.5. The van der Waals surface area contributed by atoms with E-state index in [4.69, 9.17) is 11.6 Å². The number of nitrogens with zero attached hydrogens (tertiary/aromatic N) is 3. The van der Waals surface area contributed by atoms with Gasteiger partial charge in [0, 0.05) is 22.5 Å². The number of carbonyl (C=O) groups is 1. The fourth-order valence-electron chi connectivity index (χ4n) is 3.33. The third-order valence-electron chi connectivity index (χ3n) is 4.57. The molecule has 2 aromatic rings. The minimum absolute atomic E-state index is 0.107. The zero-order valence-electron chi connectivity index (χ0n) is 12.9. The highest BCUT2D eigenvalue weighted by Crippen LogP contribution is 2.32. The summed E-state index contributed by atoms with van der Waals surface area (Å²) in [6, 6.07) is 7.81. The van der Waals surface area contributed by atoms with E-state index in [1.54, 1.807) is 0 Å². The first-order valence-corrected chi connectivity index (χ1v) is 9.98. The summed E-state index contributed by atoms with van der Waals surface area (Å²) in [5.41, 5.74) is 0. The second-order valence-electron chi connectivity index (χ2n) is 6.15. The maximum Gasteiger partial charge on any atom is 0.282 e. The van der Waals surface area contributed by atoms with E-state index in [1.807, 2.05) is 24.3 Å². The number of carbonyl (C=O) groups excluding carboxylic acids is 1. The van der Waals surface area contributed by atoms with Crippen molar-refractivity contribution in [2.24, 2.45) is 5.92 Å². The SMILES string of the molecule is O=C(NC1CN2CCC1CC2)c1nnc(Sc2cccc(Cl)c2)s1. The minimum Gasteiger partial charge on any atom is -0.346 e. The van der Waals surface area contributed by atoms with Gasteiger partial charge in [-0.15, -0.1) is 10.2 Å². The summed E-state index contributed by atoms with van der Waals surface area (Å²) in [7, 11) is 0. The van der Waals surface area contributed by atoms with Crippen molar-refractivity contribution in [3.8, 4) is 0 Å². The standard InChI is InChI=1S/C16H17ClN4OS2/c17-11-2-1-3-12(8-11)23-16-20-19-15(24-16)14(22)18-13-9-21-6-4-10(13)5-7-21/h1-3,8,10,13H,4-7,9H2,(H,18,22). The van der Waals surface area contributed by atoms with Gasteiger partial charge in [-0.2, -0.15) is 0 Å². The van der Waals surface area contributed by atoms with Crippen LogP contribution in [0.1, 0.15) is 22.6 Å². The predicted molar refractivity (Wildman–Crippen MR) is 95.9 cm³/mol. The molecule has 8 heteroatoms. The predicted octanol–water partition coefficient (Wildman–Crippen LogP) is 3.17. The monoisotopic (exact) mass is 380 g/mol. The maximum atomic E-state index is 12.5. The first-order chi connectivity index (χ1) is 11.7. The second kappa shape index (κ2) is 7.00. The van der Waals surface area contributed by atoms with Crippen molar-refractivity contribution in [1.82, 2.24) is 20.4 Å². The molecule has 2 bridgehead atoms. The first kappa shape index (κ1) is 16.3. The number of amides is 1. The summed E-state index contributed by atoms with van der Waals surface area (Å²) < 4.78 is 0.747. The van der Waals surface area contributed by atoms with E-state index in [1.165, 1.54) is 35.9 Å². The fraction of sp³-hybridized carbons (Fsp3) is 0.438. The fourth-order valence-corrected chi connectivity index (χ4v) is 5.38. The Kier molecular flexibility index (Phi) is 4.76. The molecule has 1 amide bonds. The largest absolute Gasteiger partial charge is 0.346 e. The molecule has 1 aromatic heterocycles. The van der Waals surface area contributed by atoms with E-state index in [2.05, 4.69) is 20.4 Å². The number of benzene rings is 1. The quantitative estimate of drug-likeness (QED) is 0.882. The van der Waals surface area contributed by atoms with Crippen LogP contribution < -0.4 is 5.32 Å². The molecule has 1 atom stereocenters. The molecule has 0 aliphatic carbocycles. The van der Waals surface area contributed by atoms with E-state index >= 15 is 0 Å². The molecular formula is C16H17ClN4OS2. The Bertz CT molecular complexity index is 745. The number of fused-ring (bicyclic) bond motifs is 3. The van der Waals surface area contributed by atoms with Gasteiger partial charge in [0.05, 0.1) is 0 Å². The summed E-state index contributed by atoms with van der Waals surface area (Å²) in [4.78, 5) is 15.9. The van der Waals surface area contributed by atoms with Crippen LogP contribution in [0.15, 0.2) is 33.5 Å². The van der Waals surface area contributed by atoms with Crippen LogP contribution in [0.3, 0.4) is 0 Å². The van der Waals surface area contributed by atoms with Crippen LogP contribution in [0.4, 0.5) is 0 Å². The molecule has 3 saturated heterocycles. The van der Waals surface area contributed by atoms with E-state index < -0.39 is 0 Å². The van der Waals surface area contributed by atoms with E-state index in [-0.39, 0.29) is 11.9 Å². The Balaban J connectivity index is 1.40. The van der Waals surface area contributed by atoms with Gasteiger partial charge in [-0.3, -0.25) is 4.79 Å². The summed E-state index contributed by atoms with van der Waals surface area (Å²) in [6.07, 6.45) is 2.36. The molecule has 0 spiro atoms. The number of nitrogens with one attached hydrogen (secondary N) is 1. The lowest BCUT2D eigenvalue weighted by Crippen LogP contribution is -2.57. The average molecular weight is 381 g/mol. The maximum absolute atomic E-state index is 12.5. The van der Waals surface area contributed by atoms with Gasteiger partial charge in [-0.05, 0) is 50.0 Å². The normalized spacial score (nSPS) is 25.6. The highest BCUT2D eigenvalue weighted by molar-refractivity contribution is 8.01. The van der Waals surface area contributed by atoms with Gasteiger partial charge in [-0.1, -0.05) is 40.8 Å². The Hall–Kier alpha value is -1.15. The number of piperidine rings is 3. The van der Waals surface area contributed by atoms with Gasteiger partial charge in [-0.25, -0.2) is 0 Å². The molecule has 5 nitrogen and oxygen atoms in total. The van der Waals surface area contributed by atoms with Crippen molar-refractivity contribution in [3.05, 3.63) is 34.3 Å². The summed E-state index contributed by atoms with van der Waals surface area (Å²) in [5.74, 6) is 0.497. The number of aromatic nitrogens is 2. The Morgan fingerprint density at radius 3 is 2.88 bits per heavy atom. The number of hydrogen-bond donors (Lipinski definition) is 1. The van der Waals surface area contributed by atoms with Gasteiger partial charge >= 0.3 is 0 Å². The molecule has 5 rings (SSSR count). The van der Waals surface area contributed by atoms with Gasteiger partial charge < -0.3 is 10.2 Å². The lowest BCUT2D eigenvalue weighted by Gasteiger charge is -2.44. The molecule has 3 aliphatic rings. The Labute approximate surface area is 153 Å². The molecule has 3 aliphatic heterocycles. The van der Waals surface area contributed by atoms with Crippen molar-refractivity contribution < 1.29 is 4.79 Å². The van der Waals surface area contributed by atoms with Crippen LogP contribution in [-0.4, -0.2) is 46.7 Å². The number of halogens is 1. The van der Waals surface area contributed by atoms with Crippen LogP contribution in [0.5, 0.6) is 0 Å². The van der Waals surface area contributed by atoms with Crippen LogP contribution >= 0.6 is 34.7 Å². The first-order valence-electron chi connectivity index (χ1n) is 7.97. The molecule has 0 saturated carbocycles. The van der Waals surface area contributed by atoms with Crippen molar-refractivity contribution in [2.75, 3.05) is 19.6 Å². The lowest BCUT2D eigenvalue weighted by atomic mass is 9.84. The molecule has 1 N–H and O–H groups in total. The average Bonchev–Trinajstić information content (AvgIpc) is 3.05. The topological polar surface area (TPSA) is 58.1 Å². The molecule has 3 fully saturated rings. The van der Waals surface area contributed by atoms with Crippen molar-refractivity contribution >= 4 is 40.6 Å². The summed E-state index contributed by atoms with van der Waals surface area (Å²) in [5, 5.41) is 12.4. The third kappa shape index (κ3) is 3.59. The van der Waals surface area contributed by atoms with Gasteiger partial charge in [0.2, 0.25) is 5.01 Å². The summed E-state index contributed by atoms with van der Waals surface area (Å²) in [6.45, 7) is 3.28. The molecule has 24 heavy (non-hydrogen) atoms. The molecule has 1 unspecified atom stereocenters. The van der Waals surface area contributed by atoms with Crippen LogP contribution in [0.25, 0.3) is 0 Å². The molecule has 1 aromatic carbocycles. The van der Waals surface area contributed by atoms with E-state index in [9.17, 15) is 4.79 Å². The zero-order valence-corrected chi connectivity index (χ0v) is 15.3. The second-order valence-corrected chi connectivity index (χ2v) is 8.89. The molecule has 126 valence electrons. The molecule has 0 radical (unpaired) electrons. The minimum atomic E-state index is -0.107. The third-order valence-corrected chi connectivity index (χ3v) is 6.77. The highest BCUT2D eigenvalue weighted by atomic mass is 35.5. The van der Waals surface area contributed by atoms with E-state index in [0.717, 1.165) is 28.9 Å². The van der Waals surface area contributed by atoms with Gasteiger partial charge in [0.15, 0.2) is 4.34 Å². The molecule has 4 heterocycles. The van der Waals surface area contributed by atoms with Crippen LogP contribution in [-0.2, 0) is 0 Å². The van der Waals surface area contributed by atoms with Crippen molar-refractivity contribution in [3.63, 3.8) is 0 Å². The van der Waals surface area contributed by atoms with Crippen molar-refractivity contribution in [2.45, 2.75) is 28.1 Å². The number of hydrogen-bond acceptors (Lipinski definition) is 6. The van der Waals surface area contributed by atoms with Crippen molar-refractivity contribution in [1.29, 1.82) is 0 Å². The number of rotatable bonds is 4. The Morgan fingerprint density at radius 1 is 1.33 bits per heavy atom. The highest BCUT2D eigenvalue weighted by Gasteiger charge is 2.35. The summed E-state index contributed by atoms with van der Waals surface area (Å²) >= 11 is 8.78.